The van der Waals surface area contributed by atoms with E-state index in [2.05, 4.69) is 15.6 Å². The van der Waals surface area contributed by atoms with Crippen LogP contribution in [0.2, 0.25) is 0 Å². The van der Waals surface area contributed by atoms with Crippen LogP contribution in [0.15, 0.2) is 36.5 Å². The monoisotopic (exact) mass is 468 g/mol. The molecule has 3 aromatic rings. The maximum absolute atomic E-state index is 13.0. The smallest absolute Gasteiger partial charge is 0.408 e. The normalized spacial score (nSPS) is 12.6. The molecule has 2 amide bonds. The third-order valence-corrected chi connectivity index (χ3v) is 4.90. The minimum Gasteiger partial charge on any atom is -0.461 e. The zero-order chi connectivity index (χ0) is 25.0. The number of fused-ring (bicyclic) bond motifs is 3. The molecule has 1 atom stereocenters. The van der Waals surface area contributed by atoms with E-state index >= 15 is 0 Å². The van der Waals surface area contributed by atoms with E-state index < -0.39 is 23.7 Å². The van der Waals surface area contributed by atoms with E-state index in [0.717, 1.165) is 10.9 Å². The first kappa shape index (κ1) is 25.0. The number of ether oxygens (including phenoxy) is 2. The van der Waals surface area contributed by atoms with Gasteiger partial charge in [0, 0.05) is 17.3 Å². The van der Waals surface area contributed by atoms with E-state index in [9.17, 15) is 14.4 Å². The van der Waals surface area contributed by atoms with E-state index in [0.29, 0.717) is 17.8 Å². The molecule has 1 unspecified atom stereocenters. The van der Waals surface area contributed by atoms with Gasteiger partial charge in [-0.3, -0.25) is 9.20 Å². The van der Waals surface area contributed by atoms with E-state index in [1.54, 1.807) is 50.4 Å². The van der Waals surface area contributed by atoms with Crippen LogP contribution in [-0.2, 0) is 14.3 Å². The van der Waals surface area contributed by atoms with Crippen LogP contribution in [-0.4, -0.2) is 45.6 Å². The molecule has 34 heavy (non-hydrogen) atoms. The van der Waals surface area contributed by atoms with Gasteiger partial charge in [0.25, 0.3) is 0 Å². The number of nitrogens with zero attached hydrogens (tertiary/aromatic N) is 2. The molecular weight excluding hydrogens is 436 g/mol. The summed E-state index contributed by atoms with van der Waals surface area (Å²) < 4.78 is 12.2. The second-order valence-corrected chi connectivity index (χ2v) is 9.50. The zero-order valence-corrected chi connectivity index (χ0v) is 20.5. The third-order valence-electron chi connectivity index (χ3n) is 4.90. The first-order chi connectivity index (χ1) is 16.0. The number of anilines is 1. The van der Waals surface area contributed by atoms with Crippen molar-refractivity contribution in [3.05, 3.63) is 42.2 Å². The lowest BCUT2D eigenvalue weighted by Crippen LogP contribution is -2.46. The van der Waals surface area contributed by atoms with Crippen LogP contribution in [0.1, 0.15) is 58.5 Å². The number of pyridine rings is 1. The maximum Gasteiger partial charge on any atom is 0.408 e. The number of aromatic nitrogens is 2. The lowest BCUT2D eigenvalue weighted by atomic mass is 10.0. The van der Waals surface area contributed by atoms with Gasteiger partial charge >= 0.3 is 12.1 Å². The highest BCUT2D eigenvalue weighted by molar-refractivity contribution is 5.98. The number of alkyl carbamates (subject to hydrolysis) is 1. The summed E-state index contributed by atoms with van der Waals surface area (Å²) in [7, 11) is 0. The van der Waals surface area contributed by atoms with Crippen molar-refractivity contribution in [3.8, 4) is 0 Å². The highest BCUT2D eigenvalue weighted by Crippen LogP contribution is 2.22. The Morgan fingerprint density at radius 3 is 2.50 bits per heavy atom. The quantitative estimate of drug-likeness (QED) is 0.493. The summed E-state index contributed by atoms with van der Waals surface area (Å²) in [6.45, 7) is 11.3. The number of hydrogen-bond donors (Lipinski definition) is 2. The molecule has 0 bridgehead atoms. The molecule has 0 aliphatic heterocycles. The van der Waals surface area contributed by atoms with Crippen molar-refractivity contribution >= 4 is 40.2 Å². The third kappa shape index (κ3) is 6.24. The molecule has 182 valence electrons. The molecule has 0 aliphatic rings. The van der Waals surface area contributed by atoms with Gasteiger partial charge in [-0.25, -0.2) is 14.6 Å². The molecule has 0 saturated heterocycles. The number of imidazole rings is 1. The van der Waals surface area contributed by atoms with Gasteiger partial charge < -0.3 is 20.1 Å². The van der Waals surface area contributed by atoms with E-state index in [1.807, 2.05) is 32.0 Å². The predicted molar refractivity (Wildman–Crippen MR) is 130 cm³/mol. The number of nitrogens with one attached hydrogen (secondary N) is 2. The average Bonchev–Trinajstić information content (AvgIpc) is 3.16. The number of amides is 2. The Balaban J connectivity index is 1.81. The number of hydrogen-bond acceptors (Lipinski definition) is 6. The molecule has 0 saturated carbocycles. The van der Waals surface area contributed by atoms with Crippen molar-refractivity contribution in [2.75, 3.05) is 11.9 Å². The summed E-state index contributed by atoms with van der Waals surface area (Å²) in [5, 5.41) is 6.41. The predicted octanol–water partition coefficient (Wildman–Crippen LogP) is 4.54. The number of carbonyl (C=O) groups is 3. The molecule has 9 heteroatoms. The summed E-state index contributed by atoms with van der Waals surface area (Å²) in [4.78, 5) is 41.6. The molecule has 2 aromatic heterocycles. The fourth-order valence-corrected chi connectivity index (χ4v) is 3.54. The van der Waals surface area contributed by atoms with Crippen molar-refractivity contribution in [2.24, 2.45) is 5.92 Å². The lowest BCUT2D eigenvalue weighted by Gasteiger charge is -2.24. The highest BCUT2D eigenvalue weighted by Gasteiger charge is 2.25. The first-order valence-corrected chi connectivity index (χ1v) is 11.4. The fraction of sp³-hybridized carbons (Fsp3) is 0.440. The van der Waals surface area contributed by atoms with Gasteiger partial charge in [0.2, 0.25) is 5.91 Å². The van der Waals surface area contributed by atoms with Crippen LogP contribution < -0.4 is 10.6 Å². The van der Waals surface area contributed by atoms with Crippen LogP contribution in [0.5, 0.6) is 0 Å². The minimum absolute atomic E-state index is 0.186. The molecule has 0 aliphatic carbocycles. The molecule has 2 N–H and O–H groups in total. The Bertz CT molecular complexity index is 1210. The van der Waals surface area contributed by atoms with Crippen LogP contribution >= 0.6 is 0 Å². The zero-order valence-electron chi connectivity index (χ0n) is 20.5. The summed E-state index contributed by atoms with van der Waals surface area (Å²) in [5.41, 5.74) is 1.60. The Morgan fingerprint density at radius 1 is 1.12 bits per heavy atom. The molecule has 2 heterocycles. The maximum atomic E-state index is 13.0. The van der Waals surface area contributed by atoms with Crippen LogP contribution in [0.3, 0.4) is 0 Å². The van der Waals surface area contributed by atoms with Crippen LogP contribution in [0.4, 0.5) is 10.5 Å². The minimum atomic E-state index is -0.742. The summed E-state index contributed by atoms with van der Waals surface area (Å²) in [6.07, 6.45) is 1.47. The molecule has 0 spiro atoms. The molecule has 0 radical (unpaired) electrons. The standard InChI is InChI=1S/C25H32N4O5/c1-7-33-23(31)19-14-29-20-10-9-17(13-16(20)8-11-21(29)27-19)26-22(30)18(12-15(2)3)28-24(32)34-25(4,5)6/h8-11,13-15,18H,7,12H2,1-6H3,(H,26,30)(H,28,32). The van der Waals surface area contributed by atoms with Crippen LogP contribution in [0, 0.1) is 5.92 Å². The van der Waals surface area contributed by atoms with Gasteiger partial charge in [-0.1, -0.05) is 13.8 Å². The number of esters is 1. The Labute approximate surface area is 198 Å². The van der Waals surface area contributed by atoms with Crippen molar-refractivity contribution in [1.29, 1.82) is 0 Å². The molecule has 1 aromatic carbocycles. The number of carbonyl (C=O) groups excluding carboxylic acids is 3. The SMILES string of the molecule is CCOC(=O)c1cn2c(ccc3cc(NC(=O)C(CC(C)C)NC(=O)OC(C)(C)C)ccc32)n1. The largest absolute Gasteiger partial charge is 0.461 e. The summed E-state index contributed by atoms with van der Waals surface area (Å²) >= 11 is 0. The Hall–Kier alpha value is -3.62. The lowest BCUT2D eigenvalue weighted by molar-refractivity contribution is -0.118. The topological polar surface area (TPSA) is 111 Å². The fourth-order valence-electron chi connectivity index (χ4n) is 3.54. The van der Waals surface area contributed by atoms with Gasteiger partial charge in [0.15, 0.2) is 5.69 Å². The number of rotatable bonds is 7. The van der Waals surface area contributed by atoms with Crippen molar-refractivity contribution in [2.45, 2.75) is 59.6 Å². The molecule has 9 nitrogen and oxygen atoms in total. The molecule has 0 fully saturated rings. The highest BCUT2D eigenvalue weighted by atomic mass is 16.6. The summed E-state index contributed by atoms with van der Waals surface area (Å²) in [5.74, 6) is -0.616. The van der Waals surface area contributed by atoms with Gasteiger partial charge in [0.05, 0.1) is 12.1 Å². The second-order valence-electron chi connectivity index (χ2n) is 9.50. The average molecular weight is 469 g/mol. The van der Waals surface area contributed by atoms with Gasteiger partial charge in [-0.2, -0.15) is 0 Å². The first-order valence-electron chi connectivity index (χ1n) is 11.4. The van der Waals surface area contributed by atoms with E-state index in [4.69, 9.17) is 9.47 Å². The van der Waals surface area contributed by atoms with E-state index in [1.165, 1.54) is 0 Å². The second kappa shape index (κ2) is 10.1. The molecule has 3 rings (SSSR count). The Morgan fingerprint density at radius 2 is 1.85 bits per heavy atom. The van der Waals surface area contributed by atoms with Gasteiger partial charge in [-0.15, -0.1) is 0 Å². The van der Waals surface area contributed by atoms with Gasteiger partial charge in [0.1, 0.15) is 17.3 Å². The van der Waals surface area contributed by atoms with Gasteiger partial charge in [-0.05, 0) is 70.4 Å². The van der Waals surface area contributed by atoms with E-state index in [-0.39, 0.29) is 24.1 Å². The Kier molecular flexibility index (Phi) is 7.44. The van der Waals surface area contributed by atoms with Crippen LogP contribution in [0.25, 0.3) is 16.6 Å². The van der Waals surface area contributed by atoms with Crippen molar-refractivity contribution in [3.63, 3.8) is 0 Å². The number of benzene rings is 1. The summed E-state index contributed by atoms with van der Waals surface area (Å²) in [6, 6.07) is 8.36. The van der Waals surface area contributed by atoms with Crippen molar-refractivity contribution < 1.29 is 23.9 Å². The van der Waals surface area contributed by atoms with Crippen molar-refractivity contribution in [1.82, 2.24) is 14.7 Å². The molecular formula is C25H32N4O5.